The van der Waals surface area contributed by atoms with Crippen LogP contribution in [0.5, 0.6) is 17.2 Å². The molecule has 0 aliphatic rings. The maximum atomic E-state index is 12.6. The first-order valence-corrected chi connectivity index (χ1v) is 11.9. The van der Waals surface area contributed by atoms with E-state index in [-0.39, 0.29) is 11.7 Å². The summed E-state index contributed by atoms with van der Waals surface area (Å²) in [4.78, 5) is 12.6. The van der Waals surface area contributed by atoms with Gasteiger partial charge in [0.15, 0.2) is 11.0 Å². The molecule has 0 spiro atoms. The van der Waals surface area contributed by atoms with E-state index in [1.807, 2.05) is 65.2 Å². The number of ether oxygens (including phenoxy) is 3. The number of carbonyl (C=O) groups is 1. The molecule has 1 aromatic heterocycles. The molecule has 0 aliphatic carbocycles. The first kappa shape index (κ1) is 24.8. The van der Waals surface area contributed by atoms with Gasteiger partial charge in [-0.05, 0) is 12.1 Å². The van der Waals surface area contributed by atoms with Crippen molar-refractivity contribution in [1.82, 2.24) is 20.2 Å². The molecular weight excluding hydrogens is 478 g/mol. The molecule has 184 valence electrons. The number of benzene rings is 3. The van der Waals surface area contributed by atoms with E-state index in [2.05, 4.69) is 20.7 Å². The molecule has 10 heteroatoms. The molecule has 1 amide bonds. The molecule has 4 aromatic rings. The van der Waals surface area contributed by atoms with Crippen LogP contribution in [0, 0.1) is 0 Å². The second-order valence-electron chi connectivity index (χ2n) is 7.37. The van der Waals surface area contributed by atoms with E-state index in [4.69, 9.17) is 14.2 Å². The van der Waals surface area contributed by atoms with Crippen LogP contribution >= 0.6 is 11.8 Å². The lowest BCUT2D eigenvalue weighted by molar-refractivity contribution is -0.118. The lowest BCUT2D eigenvalue weighted by Crippen LogP contribution is -2.20. The Hall–Kier alpha value is -4.31. The zero-order valence-electron chi connectivity index (χ0n) is 20.0. The second kappa shape index (κ2) is 11.9. The fourth-order valence-electron chi connectivity index (χ4n) is 3.44. The minimum absolute atomic E-state index is 0.0912. The Labute approximate surface area is 213 Å². The lowest BCUT2D eigenvalue weighted by Gasteiger charge is -2.12. The van der Waals surface area contributed by atoms with Gasteiger partial charge in [0, 0.05) is 23.4 Å². The molecule has 4 rings (SSSR count). The van der Waals surface area contributed by atoms with Gasteiger partial charge in [0.2, 0.25) is 0 Å². The van der Waals surface area contributed by atoms with Crippen molar-refractivity contribution >= 4 is 23.9 Å². The van der Waals surface area contributed by atoms with E-state index in [1.54, 1.807) is 19.2 Å². The average Bonchev–Trinajstić information content (AvgIpc) is 3.36. The highest BCUT2D eigenvalue weighted by Crippen LogP contribution is 2.32. The minimum Gasteiger partial charge on any atom is -0.496 e. The van der Waals surface area contributed by atoms with Gasteiger partial charge in [0.05, 0.1) is 38.9 Å². The number of nitrogens with zero attached hydrogens (tertiary/aromatic N) is 4. The highest BCUT2D eigenvalue weighted by molar-refractivity contribution is 7.99. The minimum atomic E-state index is -0.299. The first-order valence-electron chi connectivity index (χ1n) is 11.0. The van der Waals surface area contributed by atoms with Crippen molar-refractivity contribution in [3.05, 3.63) is 78.4 Å². The van der Waals surface area contributed by atoms with Gasteiger partial charge in [-0.15, -0.1) is 10.2 Å². The number of carbonyl (C=O) groups excluding carboxylic acids is 1. The van der Waals surface area contributed by atoms with Crippen LogP contribution in [0.3, 0.4) is 0 Å². The summed E-state index contributed by atoms with van der Waals surface area (Å²) in [6, 6.07) is 23.0. The molecule has 3 aromatic carbocycles. The number of hydrogen-bond donors (Lipinski definition) is 1. The van der Waals surface area contributed by atoms with Gasteiger partial charge in [-0.3, -0.25) is 9.36 Å². The van der Waals surface area contributed by atoms with E-state index < -0.39 is 0 Å². The lowest BCUT2D eigenvalue weighted by atomic mass is 10.2. The first-order chi connectivity index (χ1) is 17.6. The van der Waals surface area contributed by atoms with Crippen molar-refractivity contribution in [2.45, 2.75) is 5.16 Å². The van der Waals surface area contributed by atoms with Crippen LogP contribution in [0.1, 0.15) is 5.56 Å². The Bertz CT molecular complexity index is 1320. The molecule has 36 heavy (non-hydrogen) atoms. The van der Waals surface area contributed by atoms with E-state index in [0.717, 1.165) is 11.3 Å². The molecular formula is C26H25N5O4S. The number of aromatic nitrogens is 3. The summed E-state index contributed by atoms with van der Waals surface area (Å²) in [5.74, 6) is 2.08. The predicted molar refractivity (Wildman–Crippen MR) is 139 cm³/mol. The smallest absolute Gasteiger partial charge is 0.250 e. The fourth-order valence-corrected chi connectivity index (χ4v) is 4.18. The standard InChI is InChI=1S/C26H25N5O4S/c1-33-20-14-22(34-2)21(23(15-20)35-3)16-27-28-24(32)17-36-26-30-29-25(18-10-6-4-7-11-18)31(26)19-12-8-5-9-13-19/h4-16H,17H2,1-3H3,(H,28,32). The molecule has 0 aliphatic heterocycles. The van der Waals surface area contributed by atoms with Crippen molar-refractivity contribution in [3.8, 4) is 34.3 Å². The monoisotopic (exact) mass is 503 g/mol. The number of amides is 1. The van der Waals surface area contributed by atoms with Gasteiger partial charge < -0.3 is 14.2 Å². The van der Waals surface area contributed by atoms with Crippen molar-refractivity contribution in [1.29, 1.82) is 0 Å². The van der Waals surface area contributed by atoms with Crippen molar-refractivity contribution < 1.29 is 19.0 Å². The molecule has 9 nitrogen and oxygen atoms in total. The maximum absolute atomic E-state index is 12.6. The van der Waals surface area contributed by atoms with Gasteiger partial charge in [-0.1, -0.05) is 60.3 Å². The molecule has 0 unspecified atom stereocenters. The Morgan fingerprint density at radius 1 is 0.944 bits per heavy atom. The summed E-state index contributed by atoms with van der Waals surface area (Å²) >= 11 is 1.27. The molecule has 1 N–H and O–H groups in total. The molecule has 0 bridgehead atoms. The van der Waals surface area contributed by atoms with Crippen LogP contribution in [0.2, 0.25) is 0 Å². The molecule has 0 radical (unpaired) electrons. The predicted octanol–water partition coefficient (Wildman–Crippen LogP) is 4.20. The Kier molecular flexibility index (Phi) is 8.20. The number of rotatable bonds is 10. The van der Waals surface area contributed by atoms with Gasteiger partial charge in [-0.2, -0.15) is 5.10 Å². The molecule has 0 atom stereocenters. The van der Waals surface area contributed by atoms with Crippen molar-refractivity contribution in [3.63, 3.8) is 0 Å². The number of thioether (sulfide) groups is 1. The summed E-state index contributed by atoms with van der Waals surface area (Å²) in [5.41, 5.74) is 4.95. The topological polar surface area (TPSA) is 99.9 Å². The summed E-state index contributed by atoms with van der Waals surface area (Å²) in [6.07, 6.45) is 1.47. The molecule has 0 fully saturated rings. The van der Waals surface area contributed by atoms with Crippen LogP contribution in [0.4, 0.5) is 0 Å². The third-order valence-corrected chi connectivity index (χ3v) is 6.08. The molecule has 0 saturated heterocycles. The van der Waals surface area contributed by atoms with Gasteiger partial charge >= 0.3 is 0 Å². The summed E-state index contributed by atoms with van der Waals surface area (Å²) in [6.45, 7) is 0. The van der Waals surface area contributed by atoms with E-state index in [9.17, 15) is 4.79 Å². The van der Waals surface area contributed by atoms with E-state index in [0.29, 0.717) is 33.8 Å². The Balaban J connectivity index is 1.49. The normalized spacial score (nSPS) is 10.9. The molecule has 0 saturated carbocycles. The third-order valence-electron chi connectivity index (χ3n) is 5.15. The summed E-state index contributed by atoms with van der Waals surface area (Å²) in [7, 11) is 4.63. The van der Waals surface area contributed by atoms with Crippen LogP contribution in [-0.2, 0) is 4.79 Å². The quantitative estimate of drug-likeness (QED) is 0.197. The van der Waals surface area contributed by atoms with Crippen LogP contribution < -0.4 is 19.6 Å². The Morgan fingerprint density at radius 2 is 1.58 bits per heavy atom. The van der Waals surface area contributed by atoms with Crippen LogP contribution in [0.15, 0.2) is 83.1 Å². The maximum Gasteiger partial charge on any atom is 0.250 e. The molecule has 1 heterocycles. The highest BCUT2D eigenvalue weighted by Gasteiger charge is 2.17. The summed E-state index contributed by atoms with van der Waals surface area (Å²) < 4.78 is 18.0. The van der Waals surface area contributed by atoms with Gasteiger partial charge in [0.1, 0.15) is 17.2 Å². The average molecular weight is 504 g/mol. The summed E-state index contributed by atoms with van der Waals surface area (Å²) in [5, 5.41) is 13.4. The SMILES string of the molecule is COc1cc(OC)c(C=NNC(=O)CSc2nnc(-c3ccccc3)n2-c2ccccc2)c(OC)c1. The number of hydrazone groups is 1. The fraction of sp³-hybridized carbons (Fsp3) is 0.154. The van der Waals surface area contributed by atoms with Crippen LogP contribution in [0.25, 0.3) is 17.1 Å². The van der Waals surface area contributed by atoms with Gasteiger partial charge in [-0.25, -0.2) is 5.43 Å². The second-order valence-corrected chi connectivity index (χ2v) is 8.31. The van der Waals surface area contributed by atoms with E-state index in [1.165, 1.54) is 32.2 Å². The zero-order chi connectivity index (χ0) is 25.3. The largest absolute Gasteiger partial charge is 0.496 e. The number of nitrogens with one attached hydrogen (secondary N) is 1. The van der Waals surface area contributed by atoms with Crippen molar-refractivity contribution in [2.24, 2.45) is 5.10 Å². The zero-order valence-corrected chi connectivity index (χ0v) is 20.9. The van der Waals surface area contributed by atoms with Crippen LogP contribution in [-0.4, -0.2) is 54.0 Å². The highest BCUT2D eigenvalue weighted by atomic mass is 32.2. The number of methoxy groups -OCH3 is 3. The Morgan fingerprint density at radius 3 is 2.19 bits per heavy atom. The number of para-hydroxylation sites is 1. The van der Waals surface area contributed by atoms with Gasteiger partial charge in [0.25, 0.3) is 5.91 Å². The van der Waals surface area contributed by atoms with Crippen molar-refractivity contribution in [2.75, 3.05) is 27.1 Å². The van der Waals surface area contributed by atoms with E-state index >= 15 is 0 Å². The third kappa shape index (κ3) is 5.66. The number of hydrogen-bond acceptors (Lipinski definition) is 8.